The molecule has 21 heavy (non-hydrogen) atoms. The highest BCUT2D eigenvalue weighted by Gasteiger charge is 2.46. The Morgan fingerprint density at radius 1 is 1.33 bits per heavy atom. The first-order valence-electron chi connectivity index (χ1n) is 8.78. The quantitative estimate of drug-likeness (QED) is 0.734. The molecule has 3 atom stereocenters. The van der Waals surface area contributed by atoms with E-state index in [1.165, 1.54) is 32.4 Å². The maximum absolute atomic E-state index is 12.2. The molecule has 0 radical (unpaired) electrons. The molecule has 0 amide bonds. The lowest BCUT2D eigenvalue weighted by atomic mass is 9.85. The summed E-state index contributed by atoms with van der Waals surface area (Å²) in [4.78, 5) is 14.7. The van der Waals surface area contributed by atoms with Crippen LogP contribution in [0, 0.1) is 11.8 Å². The van der Waals surface area contributed by atoms with Gasteiger partial charge in [0.1, 0.15) is 5.54 Å². The largest absolute Gasteiger partial charge is 0.465 e. The van der Waals surface area contributed by atoms with Crippen molar-refractivity contribution in [3.63, 3.8) is 0 Å². The highest BCUT2D eigenvalue weighted by molar-refractivity contribution is 5.81. The van der Waals surface area contributed by atoms with Gasteiger partial charge < -0.3 is 15.4 Å². The second-order valence-electron chi connectivity index (χ2n) is 6.88. The summed E-state index contributed by atoms with van der Waals surface area (Å²) in [6.07, 6.45) is 7.92. The summed E-state index contributed by atoms with van der Waals surface area (Å²) in [7, 11) is 0. The predicted molar refractivity (Wildman–Crippen MR) is 85.0 cm³/mol. The van der Waals surface area contributed by atoms with E-state index in [-0.39, 0.29) is 5.97 Å². The van der Waals surface area contributed by atoms with Crippen LogP contribution < -0.4 is 5.73 Å². The summed E-state index contributed by atoms with van der Waals surface area (Å²) >= 11 is 0. The molecule has 1 heterocycles. The molecule has 0 aromatic rings. The maximum atomic E-state index is 12.2. The highest BCUT2D eigenvalue weighted by Crippen LogP contribution is 2.37. The van der Waals surface area contributed by atoms with Crippen molar-refractivity contribution in [2.24, 2.45) is 17.6 Å². The Morgan fingerprint density at radius 2 is 2.14 bits per heavy atom. The summed E-state index contributed by atoms with van der Waals surface area (Å²) < 4.78 is 5.20. The molecule has 0 bridgehead atoms. The smallest absolute Gasteiger partial charge is 0.326 e. The van der Waals surface area contributed by atoms with Gasteiger partial charge in [0, 0.05) is 6.54 Å². The molecular formula is C17H32N2O2. The van der Waals surface area contributed by atoms with E-state index in [1.807, 2.05) is 6.92 Å². The Bertz CT molecular complexity index is 348. The molecule has 2 fully saturated rings. The van der Waals surface area contributed by atoms with E-state index in [0.29, 0.717) is 12.5 Å². The zero-order valence-electron chi connectivity index (χ0n) is 13.8. The van der Waals surface area contributed by atoms with Crippen LogP contribution in [0.2, 0.25) is 0 Å². The van der Waals surface area contributed by atoms with Gasteiger partial charge in [-0.2, -0.15) is 0 Å². The first-order valence-corrected chi connectivity index (χ1v) is 8.78. The van der Waals surface area contributed by atoms with Crippen molar-refractivity contribution >= 4 is 5.97 Å². The van der Waals surface area contributed by atoms with E-state index in [9.17, 15) is 4.79 Å². The van der Waals surface area contributed by atoms with Gasteiger partial charge in [0.2, 0.25) is 0 Å². The van der Waals surface area contributed by atoms with Gasteiger partial charge in [-0.3, -0.25) is 4.79 Å². The first-order chi connectivity index (χ1) is 10.1. The number of esters is 1. The minimum Gasteiger partial charge on any atom is -0.465 e. The second kappa shape index (κ2) is 7.59. The van der Waals surface area contributed by atoms with E-state index in [4.69, 9.17) is 10.5 Å². The SMILES string of the molecule is CCCC1CCN(CCC2CCCC2(N)C(=O)OCC)C1. The van der Waals surface area contributed by atoms with Crippen molar-refractivity contribution in [2.45, 2.75) is 64.3 Å². The lowest BCUT2D eigenvalue weighted by Gasteiger charge is -2.30. The molecule has 4 nitrogen and oxygen atoms in total. The van der Waals surface area contributed by atoms with Crippen LogP contribution in [-0.2, 0) is 9.53 Å². The van der Waals surface area contributed by atoms with Crippen LogP contribution in [-0.4, -0.2) is 42.6 Å². The molecule has 1 aliphatic carbocycles. The van der Waals surface area contributed by atoms with Crippen LogP contribution in [0.3, 0.4) is 0 Å². The average Bonchev–Trinajstić information content (AvgIpc) is 3.05. The molecule has 1 aliphatic heterocycles. The van der Waals surface area contributed by atoms with Crippen molar-refractivity contribution in [3.05, 3.63) is 0 Å². The van der Waals surface area contributed by atoms with E-state index >= 15 is 0 Å². The van der Waals surface area contributed by atoms with Gasteiger partial charge in [-0.25, -0.2) is 0 Å². The molecule has 0 aromatic heterocycles. The fraction of sp³-hybridized carbons (Fsp3) is 0.941. The molecule has 1 saturated carbocycles. The van der Waals surface area contributed by atoms with Gasteiger partial charge in [0.15, 0.2) is 0 Å². The fourth-order valence-electron chi connectivity index (χ4n) is 4.14. The lowest BCUT2D eigenvalue weighted by Crippen LogP contribution is -2.52. The maximum Gasteiger partial charge on any atom is 0.326 e. The van der Waals surface area contributed by atoms with E-state index in [0.717, 1.165) is 38.1 Å². The third kappa shape index (κ3) is 3.98. The standard InChI is InChI=1S/C17H32N2O2/c1-3-6-14-8-11-19(13-14)12-9-15-7-5-10-17(15,18)16(20)21-4-2/h14-15H,3-13,18H2,1-2H3. The van der Waals surface area contributed by atoms with Crippen LogP contribution in [0.1, 0.15) is 58.8 Å². The zero-order valence-corrected chi connectivity index (χ0v) is 13.8. The van der Waals surface area contributed by atoms with Crippen LogP contribution in [0.5, 0.6) is 0 Å². The first kappa shape index (κ1) is 16.8. The molecule has 2 N–H and O–H groups in total. The normalized spacial score (nSPS) is 33.5. The van der Waals surface area contributed by atoms with Crippen molar-refractivity contribution in [2.75, 3.05) is 26.2 Å². The predicted octanol–water partition coefficient (Wildman–Crippen LogP) is 2.56. The second-order valence-corrected chi connectivity index (χ2v) is 6.88. The van der Waals surface area contributed by atoms with Crippen LogP contribution in [0.4, 0.5) is 0 Å². The van der Waals surface area contributed by atoms with E-state index in [1.54, 1.807) is 0 Å². The number of hydrogen-bond acceptors (Lipinski definition) is 4. The molecule has 122 valence electrons. The molecule has 4 heteroatoms. The number of carbonyl (C=O) groups excluding carboxylic acids is 1. The summed E-state index contributed by atoms with van der Waals surface area (Å²) in [5.41, 5.74) is 5.68. The Morgan fingerprint density at radius 3 is 2.86 bits per heavy atom. The van der Waals surface area contributed by atoms with Gasteiger partial charge in [0.05, 0.1) is 6.61 Å². The van der Waals surface area contributed by atoms with Crippen LogP contribution in [0.25, 0.3) is 0 Å². The molecule has 0 aromatic carbocycles. The number of ether oxygens (including phenoxy) is 1. The minimum absolute atomic E-state index is 0.183. The topological polar surface area (TPSA) is 55.6 Å². The van der Waals surface area contributed by atoms with E-state index in [2.05, 4.69) is 11.8 Å². The van der Waals surface area contributed by atoms with Crippen LogP contribution in [0.15, 0.2) is 0 Å². The van der Waals surface area contributed by atoms with Crippen molar-refractivity contribution in [1.29, 1.82) is 0 Å². The number of rotatable bonds is 7. The molecular weight excluding hydrogens is 264 g/mol. The van der Waals surface area contributed by atoms with Crippen LogP contribution >= 0.6 is 0 Å². The van der Waals surface area contributed by atoms with Gasteiger partial charge in [-0.15, -0.1) is 0 Å². The summed E-state index contributed by atoms with van der Waals surface area (Å²) in [6, 6.07) is 0. The third-order valence-corrected chi connectivity index (χ3v) is 5.39. The molecule has 2 rings (SSSR count). The molecule has 3 unspecified atom stereocenters. The van der Waals surface area contributed by atoms with Gasteiger partial charge in [-0.05, 0) is 64.0 Å². The van der Waals surface area contributed by atoms with Gasteiger partial charge >= 0.3 is 5.97 Å². The monoisotopic (exact) mass is 296 g/mol. The van der Waals surface area contributed by atoms with Crippen molar-refractivity contribution in [3.8, 4) is 0 Å². The lowest BCUT2D eigenvalue weighted by molar-refractivity contribution is -0.151. The Hall–Kier alpha value is -0.610. The van der Waals surface area contributed by atoms with Gasteiger partial charge in [0.25, 0.3) is 0 Å². The Kier molecular flexibility index (Phi) is 6.06. The molecule has 2 aliphatic rings. The highest BCUT2D eigenvalue weighted by atomic mass is 16.5. The number of carbonyl (C=O) groups is 1. The van der Waals surface area contributed by atoms with Crippen molar-refractivity contribution < 1.29 is 9.53 Å². The molecule has 0 spiro atoms. The Labute approximate surface area is 129 Å². The molecule has 1 saturated heterocycles. The Balaban J connectivity index is 1.81. The average molecular weight is 296 g/mol. The van der Waals surface area contributed by atoms with Crippen molar-refractivity contribution in [1.82, 2.24) is 4.90 Å². The number of nitrogens with zero attached hydrogens (tertiary/aromatic N) is 1. The summed E-state index contributed by atoms with van der Waals surface area (Å²) in [6.45, 7) is 8.08. The summed E-state index contributed by atoms with van der Waals surface area (Å²) in [5.74, 6) is 0.992. The number of hydrogen-bond donors (Lipinski definition) is 1. The van der Waals surface area contributed by atoms with E-state index < -0.39 is 5.54 Å². The third-order valence-electron chi connectivity index (χ3n) is 5.39. The summed E-state index contributed by atoms with van der Waals surface area (Å²) in [5, 5.41) is 0. The number of nitrogens with two attached hydrogens (primary N) is 1. The fourth-order valence-corrected chi connectivity index (χ4v) is 4.14. The zero-order chi connectivity index (χ0) is 15.3. The minimum atomic E-state index is -0.724. The van der Waals surface area contributed by atoms with Gasteiger partial charge in [-0.1, -0.05) is 19.8 Å². The number of likely N-dealkylation sites (tertiary alicyclic amines) is 1.